The van der Waals surface area contributed by atoms with Gasteiger partial charge in [-0.1, -0.05) is 54.1 Å². The number of cyclic esters (lactones) is 1. The predicted molar refractivity (Wildman–Crippen MR) is 126 cm³/mol. The van der Waals surface area contributed by atoms with Crippen LogP contribution in [0.25, 0.3) is 0 Å². The highest BCUT2D eigenvalue weighted by atomic mass is 35.5. The van der Waals surface area contributed by atoms with Gasteiger partial charge in [-0.2, -0.15) is 0 Å². The Bertz CT molecular complexity index is 1270. The van der Waals surface area contributed by atoms with E-state index in [1.54, 1.807) is 29.2 Å². The number of nitrogens with zero attached hydrogens (tertiary/aromatic N) is 1. The van der Waals surface area contributed by atoms with Crippen molar-refractivity contribution in [3.05, 3.63) is 106 Å². The molecule has 2 aliphatic heterocycles. The summed E-state index contributed by atoms with van der Waals surface area (Å²) in [5, 5.41) is 0.524. The molecule has 0 spiro atoms. The van der Waals surface area contributed by atoms with Gasteiger partial charge in [0.15, 0.2) is 0 Å². The molecule has 3 aromatic carbocycles. The van der Waals surface area contributed by atoms with Gasteiger partial charge in [-0.05, 0) is 53.9 Å². The maximum atomic E-state index is 13.2. The lowest BCUT2D eigenvalue weighted by Gasteiger charge is -2.32. The lowest BCUT2D eigenvalue weighted by molar-refractivity contribution is -0.136. The van der Waals surface area contributed by atoms with Crippen molar-refractivity contribution in [1.29, 1.82) is 0 Å². The van der Waals surface area contributed by atoms with Crippen LogP contribution in [-0.2, 0) is 20.9 Å². The van der Waals surface area contributed by atoms with Crippen LogP contribution in [-0.4, -0.2) is 18.5 Å². The lowest BCUT2D eigenvalue weighted by Crippen LogP contribution is -2.37. The Morgan fingerprint density at radius 2 is 1.82 bits per heavy atom. The second-order valence-electron chi connectivity index (χ2n) is 8.19. The fourth-order valence-electron chi connectivity index (χ4n) is 4.38. The highest BCUT2D eigenvalue weighted by Gasteiger charge is 2.42. The number of hydrogen-bond donors (Lipinski definition) is 0. The quantitative estimate of drug-likeness (QED) is 0.469. The minimum atomic E-state index is -0.380. The van der Waals surface area contributed by atoms with Gasteiger partial charge < -0.3 is 9.47 Å². The first-order valence-electron chi connectivity index (χ1n) is 10.8. The molecule has 3 aromatic rings. The van der Waals surface area contributed by atoms with E-state index in [1.807, 2.05) is 42.5 Å². The molecule has 0 saturated carbocycles. The van der Waals surface area contributed by atoms with Gasteiger partial charge in [0.1, 0.15) is 19.0 Å². The van der Waals surface area contributed by atoms with E-state index < -0.39 is 0 Å². The molecule has 6 heteroatoms. The van der Waals surface area contributed by atoms with E-state index in [2.05, 4.69) is 13.0 Å². The van der Waals surface area contributed by atoms with E-state index in [-0.39, 0.29) is 30.8 Å². The zero-order valence-electron chi connectivity index (χ0n) is 18.1. The minimum Gasteiger partial charge on any atom is -0.489 e. The number of aryl methyl sites for hydroxylation is 1. The normalized spacial score (nSPS) is 17.8. The average molecular weight is 460 g/mol. The molecule has 5 nitrogen and oxygen atoms in total. The number of anilines is 1. The smallest absolute Gasteiger partial charge is 0.336 e. The van der Waals surface area contributed by atoms with Gasteiger partial charge in [-0.25, -0.2) is 4.79 Å². The van der Waals surface area contributed by atoms with E-state index in [9.17, 15) is 9.59 Å². The number of amides is 1. The number of carbonyl (C=O) groups is 2. The third-order valence-corrected chi connectivity index (χ3v) is 6.36. The zero-order chi connectivity index (χ0) is 22.9. The zero-order valence-corrected chi connectivity index (χ0v) is 18.8. The Hall–Kier alpha value is -3.57. The summed E-state index contributed by atoms with van der Waals surface area (Å²) in [7, 11) is 0. The monoisotopic (exact) mass is 459 g/mol. The van der Waals surface area contributed by atoms with Crippen LogP contribution in [0, 0.1) is 6.92 Å². The fraction of sp³-hybridized carbons (Fsp3) is 0.185. The first-order valence-corrected chi connectivity index (χ1v) is 11.1. The molecule has 1 unspecified atom stereocenters. The average Bonchev–Trinajstić information content (AvgIpc) is 3.19. The highest BCUT2D eigenvalue weighted by Crippen LogP contribution is 2.42. The molecule has 0 radical (unpaired) electrons. The fourth-order valence-corrected chi connectivity index (χ4v) is 4.57. The Balaban J connectivity index is 1.41. The van der Waals surface area contributed by atoms with Crippen LogP contribution >= 0.6 is 11.6 Å². The molecular weight excluding hydrogens is 438 g/mol. The van der Waals surface area contributed by atoms with Crippen LogP contribution in [0.5, 0.6) is 5.75 Å². The maximum absolute atomic E-state index is 13.2. The van der Waals surface area contributed by atoms with Gasteiger partial charge in [0.25, 0.3) is 0 Å². The van der Waals surface area contributed by atoms with Gasteiger partial charge >= 0.3 is 5.97 Å². The molecule has 0 fully saturated rings. The molecular formula is C27H22ClNO4. The van der Waals surface area contributed by atoms with Gasteiger partial charge in [0.2, 0.25) is 5.91 Å². The van der Waals surface area contributed by atoms with E-state index >= 15 is 0 Å². The van der Waals surface area contributed by atoms with Crippen molar-refractivity contribution < 1.29 is 19.1 Å². The van der Waals surface area contributed by atoms with E-state index in [1.165, 1.54) is 5.56 Å². The lowest BCUT2D eigenvalue weighted by atomic mass is 9.84. The number of rotatable bonds is 5. The summed E-state index contributed by atoms with van der Waals surface area (Å²) in [5.41, 5.74) is 4.94. The van der Waals surface area contributed by atoms with Crippen LogP contribution in [0.15, 0.2) is 84.1 Å². The molecule has 0 bridgehead atoms. The highest BCUT2D eigenvalue weighted by molar-refractivity contribution is 6.31. The summed E-state index contributed by atoms with van der Waals surface area (Å²) in [4.78, 5) is 27.3. The van der Waals surface area contributed by atoms with Gasteiger partial charge in [0.05, 0.1) is 17.0 Å². The maximum Gasteiger partial charge on any atom is 0.336 e. The third kappa shape index (κ3) is 4.12. The van der Waals surface area contributed by atoms with Crippen molar-refractivity contribution in [2.45, 2.75) is 25.9 Å². The van der Waals surface area contributed by atoms with Crippen LogP contribution in [0.3, 0.4) is 0 Å². The van der Waals surface area contributed by atoms with E-state index in [4.69, 9.17) is 21.1 Å². The second kappa shape index (κ2) is 8.75. The molecule has 33 heavy (non-hydrogen) atoms. The van der Waals surface area contributed by atoms with Crippen LogP contribution in [0.4, 0.5) is 5.69 Å². The number of halogens is 1. The largest absolute Gasteiger partial charge is 0.489 e. The van der Waals surface area contributed by atoms with Crippen LogP contribution < -0.4 is 9.64 Å². The SMILES string of the molecule is Cc1ccccc1COc1ccc(C2CC(=O)N(c3cccc(Cl)c3)C3=C2C(=O)OC3)cc1. The summed E-state index contributed by atoms with van der Waals surface area (Å²) in [6.07, 6.45) is 0.170. The number of esters is 1. The minimum absolute atomic E-state index is 0.0700. The van der Waals surface area contributed by atoms with Crippen molar-refractivity contribution in [1.82, 2.24) is 0 Å². The Morgan fingerprint density at radius 1 is 1.03 bits per heavy atom. The first-order chi connectivity index (χ1) is 16.0. The van der Waals surface area contributed by atoms with Crippen LogP contribution in [0.1, 0.15) is 29.0 Å². The summed E-state index contributed by atoms with van der Waals surface area (Å²) in [6, 6.07) is 22.7. The molecule has 0 aliphatic carbocycles. The second-order valence-corrected chi connectivity index (χ2v) is 8.62. The third-order valence-electron chi connectivity index (χ3n) is 6.12. The van der Waals surface area contributed by atoms with Crippen molar-refractivity contribution in [2.75, 3.05) is 11.5 Å². The number of benzene rings is 3. The Labute approximate surface area is 197 Å². The molecule has 5 rings (SSSR count). The number of ether oxygens (including phenoxy) is 2. The van der Waals surface area contributed by atoms with Crippen molar-refractivity contribution in [3.63, 3.8) is 0 Å². The molecule has 1 atom stereocenters. The molecule has 0 N–H and O–H groups in total. The number of carbonyl (C=O) groups excluding carboxylic acids is 2. The van der Waals surface area contributed by atoms with Gasteiger partial charge in [-0.3, -0.25) is 9.69 Å². The topological polar surface area (TPSA) is 55.8 Å². The molecule has 1 amide bonds. The molecule has 2 heterocycles. The van der Waals surface area contributed by atoms with Crippen molar-refractivity contribution >= 4 is 29.2 Å². The van der Waals surface area contributed by atoms with Crippen LogP contribution in [0.2, 0.25) is 5.02 Å². The summed E-state index contributed by atoms with van der Waals surface area (Å²) in [6.45, 7) is 2.60. The summed E-state index contributed by atoms with van der Waals surface area (Å²) in [5.74, 6) is -0.107. The molecule has 2 aliphatic rings. The van der Waals surface area contributed by atoms with E-state index in [0.717, 1.165) is 16.9 Å². The summed E-state index contributed by atoms with van der Waals surface area (Å²) < 4.78 is 11.3. The van der Waals surface area contributed by atoms with Crippen molar-refractivity contribution in [2.24, 2.45) is 0 Å². The molecule has 0 aromatic heterocycles. The predicted octanol–water partition coefficient (Wildman–Crippen LogP) is 5.56. The van der Waals surface area contributed by atoms with Crippen molar-refractivity contribution in [3.8, 4) is 5.75 Å². The summed E-state index contributed by atoms with van der Waals surface area (Å²) >= 11 is 6.13. The standard InChI is InChI=1S/C27H22ClNO4/c1-17-5-2-3-6-19(17)15-32-22-11-9-18(10-12-22)23-14-25(30)29(21-8-4-7-20(28)13-21)24-16-33-27(31)26(23)24/h2-13,23H,14-16H2,1H3. The molecule has 0 saturated heterocycles. The molecule has 166 valence electrons. The first kappa shape index (κ1) is 21.3. The Morgan fingerprint density at radius 3 is 2.58 bits per heavy atom. The Kier molecular flexibility index (Phi) is 5.65. The van der Waals surface area contributed by atoms with Gasteiger partial charge in [-0.15, -0.1) is 0 Å². The number of hydrogen-bond acceptors (Lipinski definition) is 4. The van der Waals surface area contributed by atoms with E-state index in [0.29, 0.717) is 28.6 Å². The van der Waals surface area contributed by atoms with Gasteiger partial charge in [0, 0.05) is 17.4 Å².